The molecule has 1 amide bonds. The highest BCUT2D eigenvalue weighted by Gasteiger charge is 2.29. The van der Waals surface area contributed by atoms with Crippen molar-refractivity contribution in [2.45, 2.75) is 56.1 Å². The molecule has 0 bridgehead atoms. The van der Waals surface area contributed by atoms with Gasteiger partial charge in [-0.1, -0.05) is 11.8 Å². The number of rotatable bonds is 5. The molecule has 1 N–H and O–H groups in total. The number of aromatic nitrogens is 4. The topological polar surface area (TPSA) is 72.7 Å². The van der Waals surface area contributed by atoms with Gasteiger partial charge < -0.3 is 5.32 Å². The lowest BCUT2D eigenvalue weighted by Gasteiger charge is -2.13. The lowest BCUT2D eigenvalue weighted by Crippen LogP contribution is -2.36. The SMILES string of the molecule is CC(C)NC(=O)[C@H](C)Sc1nnnn1C1CC1. The molecule has 1 fully saturated rings. The third-order valence-electron chi connectivity index (χ3n) is 2.44. The first-order valence-electron chi connectivity index (χ1n) is 5.83. The van der Waals surface area contributed by atoms with Crippen molar-refractivity contribution >= 4 is 17.7 Å². The van der Waals surface area contributed by atoms with Crippen LogP contribution in [-0.2, 0) is 4.79 Å². The second kappa shape index (κ2) is 5.03. The Kier molecular flexibility index (Phi) is 3.66. The van der Waals surface area contributed by atoms with Gasteiger partial charge in [-0.25, -0.2) is 4.68 Å². The molecular weight excluding hydrogens is 238 g/mol. The maximum absolute atomic E-state index is 11.8. The summed E-state index contributed by atoms with van der Waals surface area (Å²) in [6.45, 7) is 5.77. The minimum absolute atomic E-state index is 0.0235. The average molecular weight is 255 g/mol. The highest BCUT2D eigenvalue weighted by atomic mass is 32.2. The van der Waals surface area contributed by atoms with Crippen LogP contribution in [0.5, 0.6) is 0 Å². The smallest absolute Gasteiger partial charge is 0.233 e. The van der Waals surface area contributed by atoms with Crippen LogP contribution in [0, 0.1) is 0 Å². The third-order valence-corrected chi connectivity index (χ3v) is 3.48. The Morgan fingerprint density at radius 1 is 1.47 bits per heavy atom. The lowest BCUT2D eigenvalue weighted by molar-refractivity contribution is -0.120. The van der Waals surface area contributed by atoms with E-state index in [1.807, 2.05) is 25.5 Å². The van der Waals surface area contributed by atoms with Gasteiger partial charge in [0.05, 0.1) is 11.3 Å². The summed E-state index contributed by atoms with van der Waals surface area (Å²) in [6, 6.07) is 0.595. The van der Waals surface area contributed by atoms with Crippen LogP contribution < -0.4 is 5.32 Å². The van der Waals surface area contributed by atoms with Gasteiger partial charge in [0.15, 0.2) is 0 Å². The number of carbonyl (C=O) groups excluding carboxylic acids is 1. The predicted octanol–water partition coefficient (Wildman–Crippen LogP) is 1.01. The molecular formula is C10H17N5OS. The molecule has 94 valence electrons. The van der Waals surface area contributed by atoms with Gasteiger partial charge in [-0.05, 0) is 44.0 Å². The van der Waals surface area contributed by atoms with Gasteiger partial charge in [0.25, 0.3) is 0 Å². The Morgan fingerprint density at radius 3 is 2.76 bits per heavy atom. The summed E-state index contributed by atoms with van der Waals surface area (Å²) in [5.74, 6) is 0.0235. The molecule has 1 heterocycles. The Hall–Kier alpha value is -1.11. The first kappa shape index (κ1) is 12.3. The fourth-order valence-corrected chi connectivity index (χ4v) is 2.29. The van der Waals surface area contributed by atoms with Gasteiger partial charge in [0.2, 0.25) is 11.1 Å². The van der Waals surface area contributed by atoms with Crippen LogP contribution in [0.2, 0.25) is 0 Å². The van der Waals surface area contributed by atoms with Crippen molar-refractivity contribution in [3.63, 3.8) is 0 Å². The number of thioether (sulfide) groups is 1. The summed E-state index contributed by atoms with van der Waals surface area (Å²) in [4.78, 5) is 11.8. The summed E-state index contributed by atoms with van der Waals surface area (Å²) in [6.07, 6.45) is 2.26. The molecule has 0 spiro atoms. The van der Waals surface area contributed by atoms with Crippen molar-refractivity contribution in [1.82, 2.24) is 25.5 Å². The number of nitrogens with zero attached hydrogens (tertiary/aromatic N) is 4. The highest BCUT2D eigenvalue weighted by Crippen LogP contribution is 2.37. The van der Waals surface area contributed by atoms with E-state index in [4.69, 9.17) is 0 Å². The van der Waals surface area contributed by atoms with E-state index in [1.165, 1.54) is 11.8 Å². The Balaban J connectivity index is 1.95. The molecule has 0 radical (unpaired) electrons. The van der Waals surface area contributed by atoms with Crippen LogP contribution in [0.4, 0.5) is 0 Å². The minimum atomic E-state index is -0.180. The zero-order chi connectivity index (χ0) is 12.4. The molecule has 17 heavy (non-hydrogen) atoms. The van der Waals surface area contributed by atoms with E-state index in [-0.39, 0.29) is 17.2 Å². The summed E-state index contributed by atoms with van der Waals surface area (Å²) < 4.78 is 1.82. The highest BCUT2D eigenvalue weighted by molar-refractivity contribution is 8.00. The van der Waals surface area contributed by atoms with Crippen molar-refractivity contribution in [3.05, 3.63) is 0 Å². The fraction of sp³-hybridized carbons (Fsp3) is 0.800. The molecule has 0 aromatic carbocycles. The number of hydrogen-bond donors (Lipinski definition) is 1. The van der Waals surface area contributed by atoms with Crippen LogP contribution in [-0.4, -0.2) is 37.4 Å². The minimum Gasteiger partial charge on any atom is -0.353 e. The van der Waals surface area contributed by atoms with Gasteiger partial charge >= 0.3 is 0 Å². The normalized spacial score (nSPS) is 17.2. The third kappa shape index (κ3) is 3.18. The number of tetrazole rings is 1. The molecule has 1 aliphatic carbocycles. The molecule has 0 unspecified atom stereocenters. The Bertz CT molecular complexity index is 401. The van der Waals surface area contributed by atoms with Gasteiger partial charge in [0.1, 0.15) is 0 Å². The monoisotopic (exact) mass is 255 g/mol. The zero-order valence-electron chi connectivity index (χ0n) is 10.3. The predicted molar refractivity (Wildman–Crippen MR) is 64.7 cm³/mol. The Morgan fingerprint density at radius 2 is 2.18 bits per heavy atom. The van der Waals surface area contributed by atoms with Crippen molar-refractivity contribution in [3.8, 4) is 0 Å². The number of nitrogens with one attached hydrogen (secondary N) is 1. The molecule has 1 atom stereocenters. The van der Waals surface area contributed by atoms with Crippen molar-refractivity contribution in [2.24, 2.45) is 0 Å². The zero-order valence-corrected chi connectivity index (χ0v) is 11.1. The number of hydrogen-bond acceptors (Lipinski definition) is 5. The average Bonchev–Trinajstić information content (AvgIpc) is 2.99. The Labute approximate surface area is 105 Å². The van der Waals surface area contributed by atoms with Crippen LogP contribution in [0.1, 0.15) is 39.7 Å². The molecule has 1 saturated carbocycles. The largest absolute Gasteiger partial charge is 0.353 e. The van der Waals surface area contributed by atoms with Crippen LogP contribution >= 0.6 is 11.8 Å². The summed E-state index contributed by atoms with van der Waals surface area (Å²) in [5.41, 5.74) is 0. The van der Waals surface area contributed by atoms with E-state index >= 15 is 0 Å². The molecule has 0 aliphatic heterocycles. The van der Waals surface area contributed by atoms with Crippen LogP contribution in [0.25, 0.3) is 0 Å². The molecule has 6 nitrogen and oxygen atoms in total. The van der Waals surface area contributed by atoms with Crippen molar-refractivity contribution < 1.29 is 4.79 Å². The van der Waals surface area contributed by atoms with Gasteiger partial charge in [0, 0.05) is 6.04 Å². The van der Waals surface area contributed by atoms with Gasteiger partial charge in [-0.2, -0.15) is 0 Å². The number of carbonyl (C=O) groups is 1. The van der Waals surface area contributed by atoms with Crippen molar-refractivity contribution in [1.29, 1.82) is 0 Å². The first-order chi connectivity index (χ1) is 8.08. The van der Waals surface area contributed by atoms with E-state index in [0.717, 1.165) is 18.0 Å². The van der Waals surface area contributed by atoms with E-state index in [1.54, 1.807) is 0 Å². The number of amides is 1. The second-order valence-corrected chi connectivity index (χ2v) is 5.87. The summed E-state index contributed by atoms with van der Waals surface area (Å²) in [5, 5.41) is 15.0. The first-order valence-corrected chi connectivity index (χ1v) is 6.70. The maximum atomic E-state index is 11.8. The van der Waals surface area contributed by atoms with E-state index in [0.29, 0.717) is 6.04 Å². The molecule has 0 saturated heterocycles. The van der Waals surface area contributed by atoms with E-state index in [9.17, 15) is 4.79 Å². The fourth-order valence-electron chi connectivity index (χ4n) is 1.42. The maximum Gasteiger partial charge on any atom is 0.233 e. The quantitative estimate of drug-likeness (QED) is 0.795. The van der Waals surface area contributed by atoms with E-state index < -0.39 is 0 Å². The standard InChI is InChI=1S/C10H17N5OS/c1-6(2)11-9(16)7(3)17-10-12-13-14-15(10)8-4-5-8/h6-8H,4-5H2,1-3H3,(H,11,16)/t7-/m0/s1. The summed E-state index contributed by atoms with van der Waals surface area (Å²) >= 11 is 1.41. The summed E-state index contributed by atoms with van der Waals surface area (Å²) in [7, 11) is 0. The molecule has 1 aromatic heterocycles. The molecule has 1 aliphatic rings. The van der Waals surface area contributed by atoms with E-state index in [2.05, 4.69) is 20.8 Å². The second-order valence-electron chi connectivity index (χ2n) is 4.56. The van der Waals surface area contributed by atoms with Crippen molar-refractivity contribution in [2.75, 3.05) is 0 Å². The van der Waals surface area contributed by atoms with Gasteiger partial charge in [-0.3, -0.25) is 4.79 Å². The molecule has 2 rings (SSSR count). The van der Waals surface area contributed by atoms with Crippen LogP contribution in [0.3, 0.4) is 0 Å². The van der Waals surface area contributed by atoms with Gasteiger partial charge in [-0.15, -0.1) is 5.10 Å². The lowest BCUT2D eigenvalue weighted by atomic mass is 10.3. The molecule has 7 heteroatoms. The van der Waals surface area contributed by atoms with Crippen LogP contribution in [0.15, 0.2) is 5.16 Å². The molecule has 1 aromatic rings.